The molecule has 2 aliphatic rings. The van der Waals surface area contributed by atoms with Crippen LogP contribution in [0.2, 0.25) is 0 Å². The van der Waals surface area contributed by atoms with Gasteiger partial charge in [0.15, 0.2) is 0 Å². The molecule has 2 heterocycles. The molecule has 2 aromatic heterocycles. The molecule has 1 N–H and O–H groups in total. The number of fused-ring (bicyclic) bond motifs is 2. The first kappa shape index (κ1) is 21.6. The fourth-order valence-electron chi connectivity index (χ4n) is 6.03. The summed E-state index contributed by atoms with van der Waals surface area (Å²) in [5.41, 5.74) is 2.80. The molecule has 1 amide bonds. The van der Waals surface area contributed by atoms with E-state index in [-0.39, 0.29) is 17.3 Å². The number of halogens is 1. The average molecular weight is 442 g/mol. The molecule has 5 heteroatoms. The van der Waals surface area contributed by atoms with Crippen LogP contribution in [0.5, 0.6) is 0 Å². The van der Waals surface area contributed by atoms with Crippen LogP contribution in [0, 0.1) is 35.9 Å². The Kier molecular flexibility index (Phi) is 5.40. The van der Waals surface area contributed by atoms with Crippen LogP contribution in [0.3, 0.4) is 0 Å². The molecule has 0 saturated heterocycles. The molecule has 2 saturated carbocycles. The summed E-state index contributed by atoms with van der Waals surface area (Å²) < 4.78 is 13.9. The van der Waals surface area contributed by atoms with Gasteiger partial charge in [-0.2, -0.15) is 0 Å². The molecule has 0 bridgehead atoms. The maximum absolute atomic E-state index is 13.9. The molecular weight excluding hydrogens is 413 g/mol. The van der Waals surface area contributed by atoms with Gasteiger partial charge in [0.1, 0.15) is 11.5 Å². The molecule has 4 atom stereocenters. The first-order valence-electron chi connectivity index (χ1n) is 11.6. The first-order valence-corrected chi connectivity index (χ1v) is 11.6. The van der Waals surface area contributed by atoms with Crippen LogP contribution in [0.25, 0.3) is 10.9 Å². The standard InChI is InChI=1S/C28H28FN3O/c1-4-17-5-7-26(31-16-17)27(33)32-28(2,3)21-13-18-11-20(12-19(18)14-21)23-9-10-30-25-8-6-22(29)15-24(23)25/h1,5-10,15-16,18-21H,11-14H2,2-3H3,(H,32,33)/t18-,19+,20?,21+. The number of aromatic nitrogens is 2. The number of pyridine rings is 2. The maximum Gasteiger partial charge on any atom is 0.270 e. The van der Waals surface area contributed by atoms with Gasteiger partial charge in [-0.1, -0.05) is 5.92 Å². The normalized spacial score (nSPS) is 24.4. The largest absolute Gasteiger partial charge is 0.346 e. The second kappa shape index (κ2) is 8.26. The van der Waals surface area contributed by atoms with Crippen LogP contribution in [0.15, 0.2) is 48.8 Å². The second-order valence-electron chi connectivity index (χ2n) is 10.2. The number of hydrogen-bond donors (Lipinski definition) is 1. The number of amides is 1. The summed E-state index contributed by atoms with van der Waals surface area (Å²) in [6, 6.07) is 10.3. The van der Waals surface area contributed by atoms with E-state index in [0.29, 0.717) is 34.9 Å². The Bertz CT molecular complexity index is 1230. The minimum Gasteiger partial charge on any atom is -0.346 e. The van der Waals surface area contributed by atoms with E-state index in [9.17, 15) is 9.18 Å². The minimum atomic E-state index is -0.324. The van der Waals surface area contributed by atoms with Gasteiger partial charge in [0.2, 0.25) is 0 Å². The van der Waals surface area contributed by atoms with Gasteiger partial charge >= 0.3 is 0 Å². The Morgan fingerprint density at radius 1 is 1.09 bits per heavy atom. The number of hydrogen-bond acceptors (Lipinski definition) is 3. The van der Waals surface area contributed by atoms with Crippen molar-refractivity contribution in [1.29, 1.82) is 0 Å². The molecule has 5 rings (SSSR count). The van der Waals surface area contributed by atoms with Gasteiger partial charge in [0.25, 0.3) is 5.91 Å². The Balaban J connectivity index is 1.26. The fraction of sp³-hybridized carbons (Fsp3) is 0.393. The fourth-order valence-corrected chi connectivity index (χ4v) is 6.03. The summed E-state index contributed by atoms with van der Waals surface area (Å²) in [7, 11) is 0. The zero-order valence-corrected chi connectivity index (χ0v) is 19.0. The summed E-state index contributed by atoms with van der Waals surface area (Å²) in [5.74, 6) is 4.24. The summed E-state index contributed by atoms with van der Waals surface area (Å²) >= 11 is 0. The molecular formula is C28H28FN3O. The summed E-state index contributed by atoms with van der Waals surface area (Å²) in [6.07, 6.45) is 13.2. The zero-order chi connectivity index (χ0) is 23.2. The van der Waals surface area contributed by atoms with Crippen molar-refractivity contribution in [3.63, 3.8) is 0 Å². The van der Waals surface area contributed by atoms with Crippen molar-refractivity contribution in [1.82, 2.24) is 15.3 Å². The average Bonchev–Trinajstić information content (AvgIpc) is 3.38. The maximum atomic E-state index is 13.9. The third-order valence-electron chi connectivity index (χ3n) is 7.81. The van der Waals surface area contributed by atoms with E-state index in [4.69, 9.17) is 6.42 Å². The zero-order valence-electron chi connectivity index (χ0n) is 19.0. The van der Waals surface area contributed by atoms with Crippen molar-refractivity contribution < 1.29 is 9.18 Å². The molecule has 0 radical (unpaired) electrons. The van der Waals surface area contributed by atoms with E-state index in [1.807, 2.05) is 6.20 Å². The SMILES string of the molecule is C#Cc1ccc(C(=O)NC(C)(C)[C@H]2C[C@H]3CC(c4ccnc5ccc(F)cc45)C[C@H]3C2)nc1. The number of terminal acetylenes is 1. The Morgan fingerprint density at radius 3 is 2.52 bits per heavy atom. The van der Waals surface area contributed by atoms with E-state index < -0.39 is 0 Å². The molecule has 168 valence electrons. The number of nitrogens with zero attached hydrogens (tertiary/aromatic N) is 2. The second-order valence-corrected chi connectivity index (χ2v) is 10.2. The first-order chi connectivity index (χ1) is 15.8. The number of benzene rings is 1. The molecule has 33 heavy (non-hydrogen) atoms. The quantitative estimate of drug-likeness (QED) is 0.546. The Morgan fingerprint density at radius 2 is 1.85 bits per heavy atom. The van der Waals surface area contributed by atoms with Crippen molar-refractivity contribution in [3.05, 3.63) is 71.4 Å². The van der Waals surface area contributed by atoms with Crippen molar-refractivity contribution in [3.8, 4) is 12.3 Å². The van der Waals surface area contributed by atoms with Crippen LogP contribution < -0.4 is 5.32 Å². The van der Waals surface area contributed by atoms with E-state index in [2.05, 4.69) is 41.1 Å². The highest BCUT2D eigenvalue weighted by Crippen LogP contribution is 2.55. The Labute approximate surface area is 194 Å². The third-order valence-corrected chi connectivity index (χ3v) is 7.81. The highest BCUT2D eigenvalue weighted by molar-refractivity contribution is 5.92. The highest BCUT2D eigenvalue weighted by atomic mass is 19.1. The molecule has 0 aliphatic heterocycles. The molecule has 4 nitrogen and oxygen atoms in total. The van der Waals surface area contributed by atoms with Crippen molar-refractivity contribution in [2.45, 2.75) is 51.0 Å². The van der Waals surface area contributed by atoms with Gasteiger partial charge in [-0.05, 0) is 105 Å². The van der Waals surface area contributed by atoms with Crippen LogP contribution in [0.1, 0.15) is 67.1 Å². The Hall–Kier alpha value is -3.26. The van der Waals surface area contributed by atoms with E-state index in [1.54, 1.807) is 30.5 Å². The van der Waals surface area contributed by atoms with E-state index >= 15 is 0 Å². The highest BCUT2D eigenvalue weighted by Gasteiger charge is 2.47. The monoisotopic (exact) mass is 441 g/mol. The molecule has 3 aromatic rings. The van der Waals surface area contributed by atoms with Gasteiger partial charge in [-0.3, -0.25) is 9.78 Å². The van der Waals surface area contributed by atoms with Crippen LogP contribution >= 0.6 is 0 Å². The van der Waals surface area contributed by atoms with E-state index in [0.717, 1.165) is 36.6 Å². The van der Waals surface area contributed by atoms with Crippen LogP contribution in [0.4, 0.5) is 4.39 Å². The van der Waals surface area contributed by atoms with Gasteiger partial charge in [-0.25, -0.2) is 9.37 Å². The van der Waals surface area contributed by atoms with Crippen molar-refractivity contribution in [2.24, 2.45) is 17.8 Å². The molecule has 2 aliphatic carbocycles. The predicted octanol–water partition coefficient (Wildman–Crippen LogP) is 5.48. The van der Waals surface area contributed by atoms with Gasteiger partial charge in [-0.15, -0.1) is 6.42 Å². The number of carbonyl (C=O) groups excluding carboxylic acids is 1. The summed E-state index contributed by atoms with van der Waals surface area (Å²) in [4.78, 5) is 21.4. The topological polar surface area (TPSA) is 54.9 Å². The lowest BCUT2D eigenvalue weighted by Crippen LogP contribution is -2.48. The number of nitrogens with one attached hydrogen (secondary N) is 1. The van der Waals surface area contributed by atoms with Crippen LogP contribution in [-0.2, 0) is 0 Å². The van der Waals surface area contributed by atoms with E-state index in [1.165, 1.54) is 11.6 Å². The summed E-state index contributed by atoms with van der Waals surface area (Å²) in [5, 5.41) is 4.15. The lowest BCUT2D eigenvalue weighted by atomic mass is 9.82. The number of rotatable bonds is 4. The van der Waals surface area contributed by atoms with Crippen molar-refractivity contribution in [2.75, 3.05) is 0 Å². The van der Waals surface area contributed by atoms with Crippen molar-refractivity contribution >= 4 is 16.8 Å². The molecule has 0 spiro atoms. The number of carbonyl (C=O) groups is 1. The van der Waals surface area contributed by atoms with Gasteiger partial charge < -0.3 is 5.32 Å². The lowest BCUT2D eigenvalue weighted by molar-refractivity contribution is 0.0872. The third kappa shape index (κ3) is 4.11. The lowest BCUT2D eigenvalue weighted by Gasteiger charge is -2.33. The molecule has 2 fully saturated rings. The molecule has 1 aromatic carbocycles. The summed E-state index contributed by atoms with van der Waals surface area (Å²) in [6.45, 7) is 4.23. The van der Waals surface area contributed by atoms with Crippen LogP contribution in [-0.4, -0.2) is 21.4 Å². The van der Waals surface area contributed by atoms with Gasteiger partial charge in [0.05, 0.1) is 5.52 Å². The smallest absolute Gasteiger partial charge is 0.270 e. The van der Waals surface area contributed by atoms with Gasteiger partial charge in [0, 0.05) is 28.9 Å². The predicted molar refractivity (Wildman–Crippen MR) is 127 cm³/mol. The minimum absolute atomic E-state index is 0.163. The molecule has 1 unspecified atom stereocenters.